The number of hydrogen-bond acceptors (Lipinski definition) is 4. The van der Waals surface area contributed by atoms with Gasteiger partial charge in [-0.25, -0.2) is 0 Å². The summed E-state index contributed by atoms with van der Waals surface area (Å²) in [6.45, 7) is 1.58. The minimum Gasteiger partial charge on any atom is -0.396 e. The van der Waals surface area contributed by atoms with E-state index in [1.165, 1.54) is 0 Å². The molecule has 0 atom stereocenters. The first-order valence-electron chi connectivity index (χ1n) is 6.91. The molecule has 1 aliphatic heterocycles. The summed E-state index contributed by atoms with van der Waals surface area (Å²) in [6, 6.07) is 11.8. The van der Waals surface area contributed by atoms with Crippen molar-refractivity contribution in [3.05, 3.63) is 54.4 Å². The third-order valence-electron chi connectivity index (χ3n) is 4.07. The van der Waals surface area contributed by atoms with Crippen molar-refractivity contribution in [2.45, 2.75) is 18.4 Å². The van der Waals surface area contributed by atoms with E-state index in [2.05, 4.69) is 9.88 Å². The molecule has 1 aliphatic rings. The Kier molecular flexibility index (Phi) is 3.32. The number of pyridine rings is 1. The van der Waals surface area contributed by atoms with E-state index in [9.17, 15) is 5.11 Å². The van der Waals surface area contributed by atoms with Gasteiger partial charge in [-0.2, -0.15) is 0 Å². The highest BCUT2D eigenvalue weighted by Gasteiger charge is 2.34. The molecular formula is C16H19N3O. The largest absolute Gasteiger partial charge is 0.396 e. The van der Waals surface area contributed by atoms with Gasteiger partial charge in [0.05, 0.1) is 23.2 Å². The van der Waals surface area contributed by atoms with E-state index in [1.54, 1.807) is 12.4 Å². The Morgan fingerprint density at radius 3 is 2.45 bits per heavy atom. The average Bonchev–Trinajstić information content (AvgIpc) is 2.50. The van der Waals surface area contributed by atoms with Gasteiger partial charge in [-0.15, -0.1) is 0 Å². The fraction of sp³-hybridized carbons (Fsp3) is 0.312. The molecule has 104 valence electrons. The molecule has 0 saturated carbocycles. The number of aliphatic hydroxyl groups is 1. The lowest BCUT2D eigenvalue weighted by Crippen LogP contribution is -2.42. The van der Waals surface area contributed by atoms with Crippen molar-refractivity contribution in [3.8, 4) is 0 Å². The number of nitrogens with two attached hydrogens (primary N) is 1. The summed E-state index contributed by atoms with van der Waals surface area (Å²) in [5.74, 6) is 0. The Bertz CT molecular complexity index is 577. The molecule has 4 nitrogen and oxygen atoms in total. The molecule has 0 aliphatic carbocycles. The predicted octanol–water partition coefficient (Wildman–Crippen LogP) is 2.15. The van der Waals surface area contributed by atoms with Crippen LogP contribution in [0.15, 0.2) is 48.8 Å². The average molecular weight is 269 g/mol. The summed E-state index contributed by atoms with van der Waals surface area (Å²) in [5.41, 5.74) is 7.94. The number of hydrogen-bond donors (Lipinski definition) is 2. The second-order valence-corrected chi connectivity index (χ2v) is 5.32. The molecule has 0 spiro atoms. The second-order valence-electron chi connectivity index (χ2n) is 5.32. The standard InChI is InChI=1S/C16H19N3O/c17-14-12-18-9-6-15(14)19-10-7-16(20,8-11-19)13-4-2-1-3-5-13/h1-6,9,12,20H,7-8,10-11,17H2. The molecule has 0 unspecified atom stereocenters. The smallest absolute Gasteiger partial charge is 0.0930 e. The molecule has 0 bridgehead atoms. The Labute approximate surface area is 118 Å². The van der Waals surface area contributed by atoms with Gasteiger partial charge in [0.25, 0.3) is 0 Å². The van der Waals surface area contributed by atoms with Crippen LogP contribution in [0, 0.1) is 0 Å². The zero-order valence-corrected chi connectivity index (χ0v) is 11.4. The number of rotatable bonds is 2. The monoisotopic (exact) mass is 269 g/mol. The highest BCUT2D eigenvalue weighted by atomic mass is 16.3. The first-order chi connectivity index (χ1) is 9.69. The van der Waals surface area contributed by atoms with Crippen LogP contribution in [0.25, 0.3) is 0 Å². The van der Waals surface area contributed by atoms with Crippen LogP contribution in [-0.2, 0) is 5.60 Å². The van der Waals surface area contributed by atoms with Crippen molar-refractivity contribution in [2.24, 2.45) is 0 Å². The molecule has 1 aromatic carbocycles. The van der Waals surface area contributed by atoms with Crippen molar-refractivity contribution in [2.75, 3.05) is 23.7 Å². The number of anilines is 2. The molecule has 2 aromatic rings. The third-order valence-corrected chi connectivity index (χ3v) is 4.07. The minimum atomic E-state index is -0.723. The Morgan fingerprint density at radius 2 is 1.80 bits per heavy atom. The van der Waals surface area contributed by atoms with Gasteiger partial charge in [-0.3, -0.25) is 4.98 Å². The molecule has 3 rings (SSSR count). The highest BCUT2D eigenvalue weighted by molar-refractivity contribution is 5.66. The normalized spacial score (nSPS) is 17.9. The summed E-state index contributed by atoms with van der Waals surface area (Å²) in [7, 11) is 0. The number of aromatic nitrogens is 1. The van der Waals surface area contributed by atoms with Crippen LogP contribution in [0.2, 0.25) is 0 Å². The molecule has 1 aromatic heterocycles. The summed E-state index contributed by atoms with van der Waals surface area (Å²) in [4.78, 5) is 6.23. The molecule has 1 fully saturated rings. The van der Waals surface area contributed by atoms with Crippen LogP contribution in [-0.4, -0.2) is 23.2 Å². The summed E-state index contributed by atoms with van der Waals surface area (Å²) >= 11 is 0. The fourth-order valence-electron chi connectivity index (χ4n) is 2.84. The van der Waals surface area contributed by atoms with Crippen molar-refractivity contribution >= 4 is 11.4 Å². The van der Waals surface area contributed by atoms with E-state index in [0.717, 1.165) is 24.3 Å². The van der Waals surface area contributed by atoms with Crippen LogP contribution < -0.4 is 10.6 Å². The SMILES string of the molecule is Nc1cnccc1N1CCC(O)(c2ccccc2)CC1. The van der Waals surface area contributed by atoms with Crippen LogP contribution in [0.1, 0.15) is 18.4 Å². The van der Waals surface area contributed by atoms with Crippen molar-refractivity contribution < 1.29 is 5.11 Å². The fourth-order valence-corrected chi connectivity index (χ4v) is 2.84. The number of benzene rings is 1. The quantitative estimate of drug-likeness (QED) is 0.877. The van der Waals surface area contributed by atoms with Gasteiger partial charge in [0.2, 0.25) is 0 Å². The highest BCUT2D eigenvalue weighted by Crippen LogP contribution is 2.35. The summed E-state index contributed by atoms with van der Waals surface area (Å²) < 4.78 is 0. The summed E-state index contributed by atoms with van der Waals surface area (Å²) in [5, 5.41) is 10.8. The van der Waals surface area contributed by atoms with E-state index in [4.69, 9.17) is 5.73 Å². The van der Waals surface area contributed by atoms with Gasteiger partial charge < -0.3 is 15.7 Å². The number of nitrogen functional groups attached to an aromatic ring is 1. The number of piperidine rings is 1. The van der Waals surface area contributed by atoms with Crippen molar-refractivity contribution in [3.63, 3.8) is 0 Å². The van der Waals surface area contributed by atoms with Crippen LogP contribution in [0.5, 0.6) is 0 Å². The molecular weight excluding hydrogens is 250 g/mol. The molecule has 0 radical (unpaired) electrons. The Hall–Kier alpha value is -2.07. The maximum atomic E-state index is 10.8. The topological polar surface area (TPSA) is 62.4 Å². The molecule has 1 saturated heterocycles. The van der Waals surface area contributed by atoms with Gasteiger partial charge in [0, 0.05) is 19.3 Å². The molecule has 20 heavy (non-hydrogen) atoms. The van der Waals surface area contributed by atoms with Crippen LogP contribution in [0.4, 0.5) is 11.4 Å². The molecule has 4 heteroatoms. The lowest BCUT2D eigenvalue weighted by molar-refractivity contribution is 0.0118. The van der Waals surface area contributed by atoms with Crippen molar-refractivity contribution in [1.29, 1.82) is 0 Å². The van der Waals surface area contributed by atoms with E-state index < -0.39 is 5.60 Å². The minimum absolute atomic E-state index is 0.692. The molecule has 3 N–H and O–H groups in total. The van der Waals surface area contributed by atoms with E-state index in [0.29, 0.717) is 18.5 Å². The van der Waals surface area contributed by atoms with Gasteiger partial charge in [-0.05, 0) is 24.5 Å². The zero-order chi connectivity index (χ0) is 14.0. The van der Waals surface area contributed by atoms with Gasteiger partial charge >= 0.3 is 0 Å². The predicted molar refractivity (Wildman–Crippen MR) is 80.4 cm³/mol. The molecule has 2 heterocycles. The van der Waals surface area contributed by atoms with E-state index >= 15 is 0 Å². The zero-order valence-electron chi connectivity index (χ0n) is 11.4. The first kappa shape index (κ1) is 12.9. The lowest BCUT2D eigenvalue weighted by Gasteiger charge is -2.39. The maximum Gasteiger partial charge on any atom is 0.0930 e. The van der Waals surface area contributed by atoms with Gasteiger partial charge in [0.15, 0.2) is 0 Å². The van der Waals surface area contributed by atoms with Crippen LogP contribution >= 0.6 is 0 Å². The first-order valence-corrected chi connectivity index (χ1v) is 6.91. The Morgan fingerprint density at radius 1 is 1.10 bits per heavy atom. The van der Waals surface area contributed by atoms with Gasteiger partial charge in [-0.1, -0.05) is 30.3 Å². The third kappa shape index (κ3) is 2.34. The summed E-state index contributed by atoms with van der Waals surface area (Å²) in [6.07, 6.45) is 4.84. The second kappa shape index (κ2) is 5.13. The van der Waals surface area contributed by atoms with Crippen LogP contribution in [0.3, 0.4) is 0 Å². The van der Waals surface area contributed by atoms with E-state index in [1.807, 2.05) is 36.4 Å². The van der Waals surface area contributed by atoms with Crippen molar-refractivity contribution in [1.82, 2.24) is 4.98 Å². The lowest BCUT2D eigenvalue weighted by atomic mass is 9.84. The number of nitrogens with zero attached hydrogens (tertiary/aromatic N) is 2. The van der Waals surface area contributed by atoms with Gasteiger partial charge in [0.1, 0.15) is 0 Å². The van der Waals surface area contributed by atoms with E-state index in [-0.39, 0.29) is 0 Å². The Balaban J connectivity index is 1.76. The maximum absolute atomic E-state index is 10.8. The molecule has 0 amide bonds.